The maximum absolute atomic E-state index is 13.9. The highest BCUT2D eigenvalue weighted by atomic mass is 19.1. The standard InChI is InChI=1S/C16H16F3NO/c1-2-20-9-11-7-14(18)16(15(19)8-11)21-10-12-5-3-4-6-13(12)17/h3-8,20H,2,9-10H2,1H3. The third kappa shape index (κ3) is 3.98. The van der Waals surface area contributed by atoms with E-state index in [0.717, 1.165) is 0 Å². The molecule has 0 radical (unpaired) electrons. The van der Waals surface area contributed by atoms with Gasteiger partial charge in [-0.25, -0.2) is 13.2 Å². The van der Waals surface area contributed by atoms with Crippen molar-refractivity contribution in [2.75, 3.05) is 6.54 Å². The Bertz CT molecular complexity index is 593. The minimum absolute atomic E-state index is 0.229. The van der Waals surface area contributed by atoms with Crippen LogP contribution in [0, 0.1) is 17.5 Å². The zero-order valence-corrected chi connectivity index (χ0v) is 11.6. The number of ether oxygens (including phenoxy) is 1. The van der Waals surface area contributed by atoms with E-state index in [-0.39, 0.29) is 12.2 Å². The summed E-state index contributed by atoms with van der Waals surface area (Å²) >= 11 is 0. The average Bonchev–Trinajstić information content (AvgIpc) is 2.46. The van der Waals surface area contributed by atoms with Gasteiger partial charge in [0.2, 0.25) is 0 Å². The monoisotopic (exact) mass is 295 g/mol. The molecule has 1 N–H and O–H groups in total. The Morgan fingerprint density at radius 2 is 1.67 bits per heavy atom. The van der Waals surface area contributed by atoms with Gasteiger partial charge in [-0.15, -0.1) is 0 Å². The average molecular weight is 295 g/mol. The van der Waals surface area contributed by atoms with Crippen molar-refractivity contribution in [3.8, 4) is 5.75 Å². The van der Waals surface area contributed by atoms with Gasteiger partial charge in [-0.2, -0.15) is 0 Å². The Morgan fingerprint density at radius 3 is 2.29 bits per heavy atom. The number of nitrogens with one attached hydrogen (secondary N) is 1. The lowest BCUT2D eigenvalue weighted by Gasteiger charge is -2.11. The maximum atomic E-state index is 13.9. The molecule has 0 bridgehead atoms. The Hall–Kier alpha value is -2.01. The molecule has 0 fully saturated rings. The van der Waals surface area contributed by atoms with Gasteiger partial charge in [0, 0.05) is 12.1 Å². The largest absolute Gasteiger partial charge is 0.483 e. The molecule has 0 aliphatic carbocycles. The van der Waals surface area contributed by atoms with Gasteiger partial charge < -0.3 is 10.1 Å². The van der Waals surface area contributed by atoms with Crippen molar-refractivity contribution in [1.82, 2.24) is 5.32 Å². The fraction of sp³-hybridized carbons (Fsp3) is 0.250. The number of rotatable bonds is 6. The van der Waals surface area contributed by atoms with Crippen LogP contribution in [0.1, 0.15) is 18.1 Å². The highest BCUT2D eigenvalue weighted by Crippen LogP contribution is 2.24. The summed E-state index contributed by atoms with van der Waals surface area (Å²) in [6.07, 6.45) is 0. The molecule has 0 spiro atoms. The third-order valence-electron chi connectivity index (χ3n) is 2.97. The molecule has 2 nitrogen and oxygen atoms in total. The van der Waals surface area contributed by atoms with Crippen molar-refractivity contribution >= 4 is 0 Å². The number of halogens is 3. The molecule has 0 atom stereocenters. The van der Waals surface area contributed by atoms with Crippen LogP contribution in [0.3, 0.4) is 0 Å². The lowest BCUT2D eigenvalue weighted by molar-refractivity contribution is 0.269. The van der Waals surface area contributed by atoms with Crippen molar-refractivity contribution in [3.63, 3.8) is 0 Å². The molecule has 0 amide bonds. The highest BCUT2D eigenvalue weighted by molar-refractivity contribution is 5.31. The van der Waals surface area contributed by atoms with Crippen LogP contribution in [0.15, 0.2) is 36.4 Å². The van der Waals surface area contributed by atoms with Crippen LogP contribution in [-0.4, -0.2) is 6.54 Å². The van der Waals surface area contributed by atoms with Gasteiger partial charge in [0.05, 0.1) is 0 Å². The molecule has 5 heteroatoms. The Balaban J connectivity index is 2.12. The third-order valence-corrected chi connectivity index (χ3v) is 2.97. The van der Waals surface area contributed by atoms with Crippen molar-refractivity contribution in [3.05, 3.63) is 65.0 Å². The van der Waals surface area contributed by atoms with Crippen LogP contribution in [-0.2, 0) is 13.2 Å². The summed E-state index contributed by atoms with van der Waals surface area (Å²) < 4.78 is 46.2. The van der Waals surface area contributed by atoms with Crippen LogP contribution in [0.2, 0.25) is 0 Å². The lowest BCUT2D eigenvalue weighted by Crippen LogP contribution is -2.12. The molecule has 2 aromatic rings. The summed E-state index contributed by atoms with van der Waals surface area (Å²) in [6.45, 7) is 2.75. The topological polar surface area (TPSA) is 21.3 Å². The van der Waals surface area contributed by atoms with E-state index in [1.165, 1.54) is 30.3 Å². The predicted molar refractivity (Wildman–Crippen MR) is 74.5 cm³/mol. The summed E-state index contributed by atoms with van der Waals surface area (Å²) in [5.41, 5.74) is 0.734. The van der Waals surface area contributed by atoms with Crippen LogP contribution in [0.5, 0.6) is 5.75 Å². The molecule has 0 heterocycles. The van der Waals surface area contributed by atoms with Gasteiger partial charge in [-0.3, -0.25) is 0 Å². The van der Waals surface area contributed by atoms with E-state index in [1.54, 1.807) is 6.07 Å². The second-order valence-corrected chi connectivity index (χ2v) is 4.55. The first kappa shape index (κ1) is 15.4. The second-order valence-electron chi connectivity index (χ2n) is 4.55. The van der Waals surface area contributed by atoms with E-state index < -0.39 is 23.2 Å². The molecular formula is C16H16F3NO. The quantitative estimate of drug-likeness (QED) is 0.875. The normalized spacial score (nSPS) is 10.7. The fourth-order valence-electron chi connectivity index (χ4n) is 1.89. The molecule has 2 rings (SSSR count). The molecule has 112 valence electrons. The molecule has 21 heavy (non-hydrogen) atoms. The Labute approximate surface area is 121 Å². The first-order valence-corrected chi connectivity index (χ1v) is 6.66. The second kappa shape index (κ2) is 7.13. The number of benzene rings is 2. The van der Waals surface area contributed by atoms with E-state index in [2.05, 4.69) is 5.32 Å². The predicted octanol–water partition coefficient (Wildman–Crippen LogP) is 3.79. The van der Waals surface area contributed by atoms with Crippen LogP contribution < -0.4 is 10.1 Å². The van der Waals surface area contributed by atoms with Crippen LogP contribution >= 0.6 is 0 Å². The molecule has 0 aliphatic heterocycles. The molecule has 2 aromatic carbocycles. The van der Waals surface area contributed by atoms with Crippen molar-refractivity contribution in [1.29, 1.82) is 0 Å². The van der Waals surface area contributed by atoms with E-state index in [4.69, 9.17) is 4.74 Å². The molecule has 0 aromatic heterocycles. The van der Waals surface area contributed by atoms with E-state index in [9.17, 15) is 13.2 Å². The van der Waals surface area contributed by atoms with Gasteiger partial charge in [-0.1, -0.05) is 25.1 Å². The first-order valence-electron chi connectivity index (χ1n) is 6.66. The molecule has 0 unspecified atom stereocenters. The molecule has 0 aliphatic rings. The lowest BCUT2D eigenvalue weighted by atomic mass is 10.2. The number of hydrogen-bond acceptors (Lipinski definition) is 2. The van der Waals surface area contributed by atoms with Crippen molar-refractivity contribution in [2.24, 2.45) is 0 Å². The van der Waals surface area contributed by atoms with Crippen LogP contribution in [0.4, 0.5) is 13.2 Å². The van der Waals surface area contributed by atoms with E-state index in [1.807, 2.05) is 6.92 Å². The maximum Gasteiger partial charge on any atom is 0.191 e. The summed E-state index contributed by atoms with van der Waals surface area (Å²) in [4.78, 5) is 0. The summed E-state index contributed by atoms with van der Waals surface area (Å²) in [7, 11) is 0. The number of hydrogen-bond donors (Lipinski definition) is 1. The summed E-state index contributed by atoms with van der Waals surface area (Å²) in [5.74, 6) is -2.54. The zero-order chi connectivity index (χ0) is 15.2. The minimum atomic E-state index is -0.792. The molecule has 0 saturated carbocycles. The van der Waals surface area contributed by atoms with Crippen molar-refractivity contribution < 1.29 is 17.9 Å². The van der Waals surface area contributed by atoms with Gasteiger partial charge in [-0.05, 0) is 30.3 Å². The van der Waals surface area contributed by atoms with Gasteiger partial charge >= 0.3 is 0 Å². The Kier molecular flexibility index (Phi) is 5.22. The summed E-state index contributed by atoms with van der Waals surface area (Å²) in [5, 5.41) is 2.98. The molecule has 0 saturated heterocycles. The van der Waals surface area contributed by atoms with Gasteiger partial charge in [0.25, 0.3) is 0 Å². The van der Waals surface area contributed by atoms with E-state index in [0.29, 0.717) is 18.7 Å². The Morgan fingerprint density at radius 1 is 1.00 bits per heavy atom. The summed E-state index contributed by atoms with van der Waals surface area (Å²) in [6, 6.07) is 8.37. The fourth-order valence-corrected chi connectivity index (χ4v) is 1.89. The SMILES string of the molecule is CCNCc1cc(F)c(OCc2ccccc2F)c(F)c1. The van der Waals surface area contributed by atoms with Gasteiger partial charge in [0.15, 0.2) is 17.4 Å². The van der Waals surface area contributed by atoms with E-state index >= 15 is 0 Å². The van der Waals surface area contributed by atoms with Gasteiger partial charge in [0.1, 0.15) is 12.4 Å². The zero-order valence-electron chi connectivity index (χ0n) is 11.6. The van der Waals surface area contributed by atoms with Crippen LogP contribution in [0.25, 0.3) is 0 Å². The first-order chi connectivity index (χ1) is 10.1. The highest BCUT2D eigenvalue weighted by Gasteiger charge is 2.13. The molecular weight excluding hydrogens is 279 g/mol. The van der Waals surface area contributed by atoms with Crippen molar-refractivity contribution in [2.45, 2.75) is 20.1 Å². The minimum Gasteiger partial charge on any atom is -0.483 e. The smallest absolute Gasteiger partial charge is 0.191 e.